The van der Waals surface area contributed by atoms with Gasteiger partial charge in [0.2, 0.25) is 0 Å². The van der Waals surface area contributed by atoms with E-state index in [1.165, 1.54) is 51.4 Å². The van der Waals surface area contributed by atoms with Crippen LogP contribution in [0.3, 0.4) is 0 Å². The fourth-order valence-corrected chi connectivity index (χ4v) is 4.26. The van der Waals surface area contributed by atoms with Crippen molar-refractivity contribution in [1.29, 1.82) is 0 Å². The largest absolute Gasteiger partial charge is 0.466 e. The van der Waals surface area contributed by atoms with Gasteiger partial charge in [-0.3, -0.25) is 14.4 Å². The highest BCUT2D eigenvalue weighted by atomic mass is 16.5. The van der Waals surface area contributed by atoms with Gasteiger partial charge in [-0.1, -0.05) is 97.8 Å². The standard InChI is InChI=1S/C31H58O6/c1-4-7-10-13-16-23-29(32)35-26-19-21-28(37-31(34)25-18-15-12-9-6-3)22-20-27-36-30(33)24-17-14-11-8-5-2/h28H,4-27H2,1-3H3. The Morgan fingerprint density at radius 3 is 1.19 bits per heavy atom. The summed E-state index contributed by atoms with van der Waals surface area (Å²) < 4.78 is 16.5. The molecule has 0 radical (unpaired) electrons. The number of esters is 3. The monoisotopic (exact) mass is 526 g/mol. The van der Waals surface area contributed by atoms with E-state index in [-0.39, 0.29) is 24.0 Å². The average Bonchev–Trinajstić information content (AvgIpc) is 2.88. The van der Waals surface area contributed by atoms with Crippen LogP contribution in [-0.2, 0) is 28.6 Å². The van der Waals surface area contributed by atoms with Crippen molar-refractivity contribution < 1.29 is 28.6 Å². The van der Waals surface area contributed by atoms with Crippen molar-refractivity contribution in [2.24, 2.45) is 0 Å². The Morgan fingerprint density at radius 1 is 0.459 bits per heavy atom. The molecule has 6 nitrogen and oxygen atoms in total. The molecule has 0 atom stereocenters. The second-order valence-electron chi connectivity index (χ2n) is 10.3. The number of carbonyl (C=O) groups excluding carboxylic acids is 3. The van der Waals surface area contributed by atoms with Crippen molar-refractivity contribution in [3.05, 3.63) is 0 Å². The van der Waals surface area contributed by atoms with Crippen LogP contribution in [0.2, 0.25) is 0 Å². The van der Waals surface area contributed by atoms with Gasteiger partial charge in [-0.05, 0) is 44.9 Å². The third kappa shape index (κ3) is 25.8. The zero-order valence-electron chi connectivity index (χ0n) is 24.5. The molecule has 0 aromatic rings. The van der Waals surface area contributed by atoms with Crippen LogP contribution in [0.15, 0.2) is 0 Å². The predicted octanol–water partition coefficient (Wildman–Crippen LogP) is 8.63. The maximum Gasteiger partial charge on any atom is 0.306 e. The van der Waals surface area contributed by atoms with Gasteiger partial charge in [-0.15, -0.1) is 0 Å². The van der Waals surface area contributed by atoms with Crippen molar-refractivity contribution >= 4 is 17.9 Å². The van der Waals surface area contributed by atoms with E-state index in [0.29, 0.717) is 58.2 Å². The second-order valence-corrected chi connectivity index (χ2v) is 10.3. The molecule has 0 spiro atoms. The number of hydrogen-bond donors (Lipinski definition) is 0. The maximum absolute atomic E-state index is 12.4. The molecule has 0 amide bonds. The van der Waals surface area contributed by atoms with Gasteiger partial charge in [0.05, 0.1) is 13.2 Å². The van der Waals surface area contributed by atoms with Crippen LogP contribution in [0.4, 0.5) is 0 Å². The zero-order chi connectivity index (χ0) is 27.4. The summed E-state index contributed by atoms with van der Waals surface area (Å²) in [6.45, 7) is 7.23. The fraction of sp³-hybridized carbons (Fsp3) is 0.903. The molecule has 0 heterocycles. The highest BCUT2D eigenvalue weighted by molar-refractivity contribution is 5.70. The molecular weight excluding hydrogens is 468 g/mol. The second kappa shape index (κ2) is 27.4. The summed E-state index contributed by atoms with van der Waals surface area (Å²) >= 11 is 0. The van der Waals surface area contributed by atoms with Gasteiger partial charge in [-0.25, -0.2) is 0 Å². The molecule has 0 fully saturated rings. The van der Waals surface area contributed by atoms with E-state index < -0.39 is 0 Å². The predicted molar refractivity (Wildman–Crippen MR) is 150 cm³/mol. The first-order valence-electron chi connectivity index (χ1n) is 15.5. The molecule has 37 heavy (non-hydrogen) atoms. The lowest BCUT2D eigenvalue weighted by molar-refractivity contribution is -0.152. The van der Waals surface area contributed by atoms with Crippen LogP contribution in [0, 0.1) is 0 Å². The van der Waals surface area contributed by atoms with E-state index >= 15 is 0 Å². The van der Waals surface area contributed by atoms with Crippen molar-refractivity contribution in [1.82, 2.24) is 0 Å². The molecule has 0 N–H and O–H groups in total. The first-order valence-corrected chi connectivity index (χ1v) is 15.5. The minimum atomic E-state index is -0.233. The first-order chi connectivity index (χ1) is 18.0. The molecule has 0 saturated carbocycles. The summed E-state index contributed by atoms with van der Waals surface area (Å²) in [4.78, 5) is 36.2. The number of carbonyl (C=O) groups is 3. The van der Waals surface area contributed by atoms with E-state index in [4.69, 9.17) is 14.2 Å². The molecule has 0 aromatic heterocycles. The topological polar surface area (TPSA) is 78.9 Å². The van der Waals surface area contributed by atoms with Crippen molar-refractivity contribution in [2.75, 3.05) is 13.2 Å². The highest BCUT2D eigenvalue weighted by Crippen LogP contribution is 2.14. The molecule has 6 heteroatoms. The molecule has 0 bridgehead atoms. The van der Waals surface area contributed by atoms with Crippen LogP contribution < -0.4 is 0 Å². The van der Waals surface area contributed by atoms with Crippen molar-refractivity contribution in [3.63, 3.8) is 0 Å². The molecule has 0 unspecified atom stereocenters. The molecule has 0 rings (SSSR count). The summed E-state index contributed by atoms with van der Waals surface area (Å²) in [6.07, 6.45) is 20.3. The lowest BCUT2D eigenvalue weighted by atomic mass is 10.1. The highest BCUT2D eigenvalue weighted by Gasteiger charge is 2.15. The third-order valence-electron chi connectivity index (χ3n) is 6.62. The van der Waals surface area contributed by atoms with Crippen LogP contribution in [0.1, 0.15) is 162 Å². The third-order valence-corrected chi connectivity index (χ3v) is 6.62. The number of rotatable bonds is 27. The summed E-state index contributed by atoms with van der Waals surface area (Å²) in [5.41, 5.74) is 0. The molecule has 0 aliphatic rings. The Morgan fingerprint density at radius 2 is 0.811 bits per heavy atom. The average molecular weight is 527 g/mol. The number of ether oxygens (including phenoxy) is 3. The Labute approximate surface area is 228 Å². The molecule has 0 aromatic carbocycles. The van der Waals surface area contributed by atoms with E-state index in [9.17, 15) is 14.4 Å². The molecular formula is C31H58O6. The molecule has 0 aliphatic carbocycles. The summed E-state index contributed by atoms with van der Waals surface area (Å²) in [5, 5.41) is 0. The van der Waals surface area contributed by atoms with Gasteiger partial charge >= 0.3 is 17.9 Å². The summed E-state index contributed by atoms with van der Waals surface area (Å²) in [5.74, 6) is -0.438. The summed E-state index contributed by atoms with van der Waals surface area (Å²) in [7, 11) is 0. The van der Waals surface area contributed by atoms with Crippen molar-refractivity contribution in [3.8, 4) is 0 Å². The number of hydrogen-bond acceptors (Lipinski definition) is 6. The lowest BCUT2D eigenvalue weighted by Crippen LogP contribution is -2.20. The normalized spacial score (nSPS) is 11.0. The SMILES string of the molecule is CCCCCCCC(=O)OCCCC(CCCOC(=O)CCCCCCC)OC(=O)CCCCCCC. The molecule has 0 saturated heterocycles. The Kier molecular flexibility index (Phi) is 26.3. The van der Waals surface area contributed by atoms with Gasteiger partial charge in [-0.2, -0.15) is 0 Å². The molecule has 218 valence electrons. The lowest BCUT2D eigenvalue weighted by Gasteiger charge is -2.18. The Bertz CT molecular complexity index is 514. The van der Waals surface area contributed by atoms with E-state index in [2.05, 4.69) is 20.8 Å². The van der Waals surface area contributed by atoms with Gasteiger partial charge < -0.3 is 14.2 Å². The minimum Gasteiger partial charge on any atom is -0.466 e. The van der Waals surface area contributed by atoms with Crippen LogP contribution in [0.25, 0.3) is 0 Å². The van der Waals surface area contributed by atoms with E-state index in [1.54, 1.807) is 0 Å². The van der Waals surface area contributed by atoms with Crippen LogP contribution in [0.5, 0.6) is 0 Å². The van der Waals surface area contributed by atoms with Crippen molar-refractivity contribution in [2.45, 2.75) is 168 Å². The van der Waals surface area contributed by atoms with Gasteiger partial charge in [0.1, 0.15) is 6.10 Å². The maximum atomic E-state index is 12.4. The number of unbranched alkanes of at least 4 members (excludes halogenated alkanes) is 12. The Balaban J connectivity index is 4.26. The first kappa shape index (κ1) is 35.4. The zero-order valence-corrected chi connectivity index (χ0v) is 24.5. The van der Waals surface area contributed by atoms with Gasteiger partial charge in [0.15, 0.2) is 0 Å². The smallest absolute Gasteiger partial charge is 0.306 e. The van der Waals surface area contributed by atoms with Gasteiger partial charge in [0, 0.05) is 19.3 Å². The minimum absolute atomic E-state index is 0.140. The Hall–Kier alpha value is -1.59. The van der Waals surface area contributed by atoms with Crippen LogP contribution >= 0.6 is 0 Å². The fourth-order valence-electron chi connectivity index (χ4n) is 4.26. The van der Waals surface area contributed by atoms with E-state index in [1.807, 2.05) is 0 Å². The van der Waals surface area contributed by atoms with Crippen LogP contribution in [-0.4, -0.2) is 37.2 Å². The quantitative estimate of drug-likeness (QED) is 0.0605. The molecule has 0 aliphatic heterocycles. The summed E-state index contributed by atoms with van der Waals surface area (Å²) in [6, 6.07) is 0. The van der Waals surface area contributed by atoms with E-state index in [0.717, 1.165) is 44.9 Å². The van der Waals surface area contributed by atoms with Gasteiger partial charge in [0.25, 0.3) is 0 Å².